The third-order valence-electron chi connectivity index (χ3n) is 3.40. The molecule has 1 aliphatic carbocycles. The Morgan fingerprint density at radius 1 is 1.50 bits per heavy atom. The van der Waals surface area contributed by atoms with E-state index in [1.165, 1.54) is 12.1 Å². The summed E-state index contributed by atoms with van der Waals surface area (Å²) >= 11 is 0. The second kappa shape index (κ2) is 5.47. The van der Waals surface area contributed by atoms with Gasteiger partial charge in [-0.15, -0.1) is 0 Å². The summed E-state index contributed by atoms with van der Waals surface area (Å²) in [5.74, 6) is 0.238. The molecule has 1 aliphatic rings. The van der Waals surface area contributed by atoms with Crippen molar-refractivity contribution in [2.24, 2.45) is 5.92 Å². The van der Waals surface area contributed by atoms with Gasteiger partial charge < -0.3 is 10.0 Å². The quantitative estimate of drug-likeness (QED) is 0.885. The standard InChI is InChI=1S/C14H17FN2O/c1-17(8-11-5-13(18)6-11)9-12-4-10(7-16)2-3-14(12)15/h2-4,11,13,18H,5-6,8-9H2,1H3. The molecule has 96 valence electrons. The van der Waals surface area contributed by atoms with Crippen molar-refractivity contribution in [2.45, 2.75) is 25.5 Å². The molecule has 1 aromatic carbocycles. The van der Waals surface area contributed by atoms with Crippen LogP contribution in [0.4, 0.5) is 4.39 Å². The topological polar surface area (TPSA) is 47.3 Å². The molecular weight excluding hydrogens is 231 g/mol. The largest absolute Gasteiger partial charge is 0.393 e. The molecule has 0 radical (unpaired) electrons. The zero-order chi connectivity index (χ0) is 13.1. The molecule has 2 rings (SSSR count). The highest BCUT2D eigenvalue weighted by Gasteiger charge is 2.27. The fourth-order valence-corrected chi connectivity index (χ4v) is 2.41. The maximum Gasteiger partial charge on any atom is 0.127 e. The van der Waals surface area contributed by atoms with Gasteiger partial charge in [-0.3, -0.25) is 0 Å². The van der Waals surface area contributed by atoms with E-state index in [2.05, 4.69) is 0 Å². The first-order chi connectivity index (χ1) is 8.58. The van der Waals surface area contributed by atoms with Gasteiger partial charge in [-0.1, -0.05) is 0 Å². The van der Waals surface area contributed by atoms with Crippen molar-refractivity contribution < 1.29 is 9.50 Å². The van der Waals surface area contributed by atoms with Crippen LogP contribution in [-0.4, -0.2) is 29.7 Å². The number of aliphatic hydroxyl groups excluding tert-OH is 1. The van der Waals surface area contributed by atoms with Gasteiger partial charge in [-0.2, -0.15) is 5.26 Å². The van der Waals surface area contributed by atoms with E-state index >= 15 is 0 Å². The lowest BCUT2D eigenvalue weighted by atomic mass is 9.82. The van der Waals surface area contributed by atoms with Gasteiger partial charge in [0.05, 0.1) is 17.7 Å². The second-order valence-corrected chi connectivity index (χ2v) is 5.11. The van der Waals surface area contributed by atoms with E-state index in [1.54, 1.807) is 6.07 Å². The fraction of sp³-hybridized carbons (Fsp3) is 0.500. The van der Waals surface area contributed by atoms with Crippen LogP contribution in [0.1, 0.15) is 24.0 Å². The minimum absolute atomic E-state index is 0.151. The van der Waals surface area contributed by atoms with Crippen LogP contribution in [0.3, 0.4) is 0 Å². The van der Waals surface area contributed by atoms with E-state index < -0.39 is 0 Å². The predicted octanol–water partition coefficient (Wildman–Crippen LogP) is 1.90. The molecule has 1 saturated carbocycles. The molecule has 0 amide bonds. The SMILES string of the molecule is CN(Cc1cc(C#N)ccc1F)CC1CC(O)C1. The Morgan fingerprint density at radius 2 is 2.22 bits per heavy atom. The molecule has 0 heterocycles. The van der Waals surface area contributed by atoms with Crippen LogP contribution in [-0.2, 0) is 6.54 Å². The Bertz CT molecular complexity index is 463. The van der Waals surface area contributed by atoms with Gasteiger partial charge >= 0.3 is 0 Å². The highest BCUT2D eigenvalue weighted by atomic mass is 19.1. The van der Waals surface area contributed by atoms with Crippen molar-refractivity contribution in [3.63, 3.8) is 0 Å². The highest BCUT2D eigenvalue weighted by Crippen LogP contribution is 2.28. The zero-order valence-electron chi connectivity index (χ0n) is 10.4. The van der Waals surface area contributed by atoms with Gasteiger partial charge in [0.25, 0.3) is 0 Å². The number of aliphatic hydroxyl groups is 1. The fourth-order valence-electron chi connectivity index (χ4n) is 2.41. The van der Waals surface area contributed by atoms with Crippen molar-refractivity contribution >= 4 is 0 Å². The van der Waals surface area contributed by atoms with Gasteiger partial charge in [-0.05, 0) is 44.0 Å². The lowest BCUT2D eigenvalue weighted by Crippen LogP contribution is -2.36. The molecule has 0 spiro atoms. The van der Waals surface area contributed by atoms with Crippen LogP contribution in [0, 0.1) is 23.1 Å². The van der Waals surface area contributed by atoms with E-state index in [0.29, 0.717) is 23.6 Å². The number of rotatable bonds is 4. The van der Waals surface area contributed by atoms with Crippen LogP contribution < -0.4 is 0 Å². The maximum absolute atomic E-state index is 13.6. The van der Waals surface area contributed by atoms with Crippen LogP contribution >= 0.6 is 0 Å². The average molecular weight is 248 g/mol. The second-order valence-electron chi connectivity index (χ2n) is 5.11. The monoisotopic (exact) mass is 248 g/mol. The van der Waals surface area contributed by atoms with Crippen LogP contribution in [0.5, 0.6) is 0 Å². The molecule has 4 heteroatoms. The number of hydrogen-bond donors (Lipinski definition) is 1. The summed E-state index contributed by atoms with van der Waals surface area (Å²) in [6.45, 7) is 1.35. The summed E-state index contributed by atoms with van der Waals surface area (Å²) < 4.78 is 13.6. The van der Waals surface area contributed by atoms with Gasteiger partial charge in [0.2, 0.25) is 0 Å². The molecule has 1 N–H and O–H groups in total. The molecule has 3 nitrogen and oxygen atoms in total. The van der Waals surface area contributed by atoms with Crippen LogP contribution in [0.25, 0.3) is 0 Å². The Morgan fingerprint density at radius 3 is 2.83 bits per heavy atom. The summed E-state index contributed by atoms with van der Waals surface area (Å²) in [5, 5.41) is 18.0. The number of halogens is 1. The van der Waals surface area contributed by atoms with Gasteiger partial charge in [0.1, 0.15) is 5.82 Å². The van der Waals surface area contributed by atoms with Crippen LogP contribution in [0.15, 0.2) is 18.2 Å². The normalized spacial score (nSPS) is 22.6. The summed E-state index contributed by atoms with van der Waals surface area (Å²) in [4.78, 5) is 2.04. The first kappa shape index (κ1) is 13.0. The van der Waals surface area contributed by atoms with Crippen LogP contribution in [0.2, 0.25) is 0 Å². The zero-order valence-corrected chi connectivity index (χ0v) is 10.4. The third-order valence-corrected chi connectivity index (χ3v) is 3.40. The molecule has 0 atom stereocenters. The number of nitrogens with zero attached hydrogens (tertiary/aromatic N) is 2. The molecule has 1 fully saturated rings. The Kier molecular flexibility index (Phi) is 3.95. The third kappa shape index (κ3) is 3.06. The van der Waals surface area contributed by atoms with E-state index in [9.17, 15) is 9.50 Å². The first-order valence-corrected chi connectivity index (χ1v) is 6.13. The van der Waals surface area contributed by atoms with Crippen molar-refractivity contribution in [3.05, 3.63) is 35.1 Å². The Balaban J connectivity index is 1.94. The minimum Gasteiger partial charge on any atom is -0.393 e. The number of benzene rings is 1. The number of hydrogen-bond acceptors (Lipinski definition) is 3. The summed E-state index contributed by atoms with van der Waals surface area (Å²) in [5.41, 5.74) is 1.04. The average Bonchev–Trinajstić information content (AvgIpc) is 2.30. The van der Waals surface area contributed by atoms with Gasteiger partial charge in [0.15, 0.2) is 0 Å². The van der Waals surface area contributed by atoms with E-state index in [0.717, 1.165) is 19.4 Å². The summed E-state index contributed by atoms with van der Waals surface area (Å²) in [6.07, 6.45) is 1.53. The van der Waals surface area contributed by atoms with Gasteiger partial charge in [0, 0.05) is 18.7 Å². The van der Waals surface area contributed by atoms with Crippen molar-refractivity contribution in [3.8, 4) is 6.07 Å². The highest BCUT2D eigenvalue weighted by molar-refractivity contribution is 5.33. The molecule has 18 heavy (non-hydrogen) atoms. The first-order valence-electron chi connectivity index (χ1n) is 6.13. The van der Waals surface area contributed by atoms with E-state index in [1.807, 2.05) is 18.0 Å². The lowest BCUT2D eigenvalue weighted by Gasteiger charge is -2.34. The molecular formula is C14H17FN2O. The molecule has 0 aliphatic heterocycles. The molecule has 0 unspecified atom stereocenters. The van der Waals surface area contributed by atoms with Gasteiger partial charge in [-0.25, -0.2) is 4.39 Å². The predicted molar refractivity (Wildman–Crippen MR) is 66.2 cm³/mol. The molecule has 0 saturated heterocycles. The summed E-state index contributed by atoms with van der Waals surface area (Å²) in [7, 11) is 1.93. The van der Waals surface area contributed by atoms with E-state index in [-0.39, 0.29) is 11.9 Å². The molecule has 0 bridgehead atoms. The number of nitriles is 1. The van der Waals surface area contributed by atoms with E-state index in [4.69, 9.17) is 5.26 Å². The molecule has 1 aromatic rings. The summed E-state index contributed by atoms with van der Waals surface area (Å²) in [6, 6.07) is 6.45. The minimum atomic E-state index is -0.269. The van der Waals surface area contributed by atoms with Crippen molar-refractivity contribution in [2.75, 3.05) is 13.6 Å². The lowest BCUT2D eigenvalue weighted by molar-refractivity contribution is 0.0272. The van der Waals surface area contributed by atoms with Crippen molar-refractivity contribution in [1.82, 2.24) is 4.90 Å². The van der Waals surface area contributed by atoms with Crippen molar-refractivity contribution in [1.29, 1.82) is 5.26 Å². The Labute approximate surface area is 106 Å². The maximum atomic E-state index is 13.6. The Hall–Kier alpha value is -1.44. The smallest absolute Gasteiger partial charge is 0.127 e. The molecule has 0 aromatic heterocycles.